The number of aromatic hydroxyl groups is 1. The second-order valence-electron chi connectivity index (χ2n) is 22.9. The number of aliphatic carboxylic acids is 1. The fourth-order valence-corrected chi connectivity index (χ4v) is 9.46. The number of phosphoric ester groups is 1. The Hall–Kier alpha value is -5.76. The number of carboxylic acids is 1. The molecule has 0 bridgehead atoms. The molecule has 0 aromatic heterocycles. The zero-order valence-corrected chi connectivity index (χ0v) is 52.8. The lowest BCUT2D eigenvalue weighted by Gasteiger charge is -2.25. The lowest BCUT2D eigenvalue weighted by molar-refractivity contribution is -0.870. The van der Waals surface area contributed by atoms with E-state index in [1.54, 1.807) is 0 Å². The molecular weight excluding hydrogens is 1140 g/mol. The first-order valence-electron chi connectivity index (χ1n) is 30.5. The number of hydrogen-bond acceptors (Lipinski definition) is 17. The number of ether oxygens (including phenoxy) is 2. The molecule has 1 aromatic rings. The molecule has 0 radical (unpaired) electrons. The van der Waals surface area contributed by atoms with Crippen molar-refractivity contribution in [1.82, 2.24) is 31.9 Å². The molecule has 27 heteroatoms. The van der Waals surface area contributed by atoms with E-state index in [-0.39, 0.29) is 44.6 Å². The van der Waals surface area contributed by atoms with E-state index in [9.17, 15) is 73.0 Å². The molecule has 0 saturated heterocycles. The topological polar surface area (TPSA) is 381 Å². The zero-order valence-electron chi connectivity index (χ0n) is 51.9. The molecule has 26 nitrogen and oxygen atoms in total. The molecule has 492 valence electrons. The van der Waals surface area contributed by atoms with E-state index >= 15 is 0 Å². The van der Waals surface area contributed by atoms with Gasteiger partial charge in [0.05, 0.1) is 53.0 Å². The number of carboxylic acid groups (broad SMARTS) is 1. The number of phenols is 1. The Kier molecular flexibility index (Phi) is 40.6. The van der Waals surface area contributed by atoms with Gasteiger partial charge in [0, 0.05) is 26.2 Å². The molecule has 1 rings (SSSR count). The number of benzene rings is 1. The quantitative estimate of drug-likeness (QED) is 0.0188. The van der Waals surface area contributed by atoms with Gasteiger partial charge in [-0.15, -0.1) is 0 Å². The van der Waals surface area contributed by atoms with Crippen molar-refractivity contribution in [3.8, 4) is 5.75 Å². The maximum absolute atomic E-state index is 13.6. The van der Waals surface area contributed by atoms with Gasteiger partial charge in [-0.2, -0.15) is 0 Å². The van der Waals surface area contributed by atoms with Gasteiger partial charge in [-0.1, -0.05) is 135 Å². The van der Waals surface area contributed by atoms with Crippen LogP contribution in [-0.2, 0) is 72.7 Å². The van der Waals surface area contributed by atoms with E-state index in [1.807, 2.05) is 21.1 Å². The average Bonchev–Trinajstić information content (AvgIpc) is 3.64. The van der Waals surface area contributed by atoms with Crippen LogP contribution in [0.2, 0.25) is 0 Å². The molecular formula is C59H103N7O19P+. The van der Waals surface area contributed by atoms with Gasteiger partial charge in [-0.25, -0.2) is 9.36 Å². The monoisotopic (exact) mass is 1240 g/mol. The standard InChI is InChI=1S/C59H102N7O19P/c1-8-9-10-11-12-13-14-15-16-17-20-23-26-29-52(73)82-40-47(41-84-86(80,81)83-36-35-66(5,6)7)85-53(74)30-27-24-21-18-19-22-25-28-48(56(75)60-38-50(71)63-49(59(78)79)37-45-31-33-46(70)34-32-45)64-58(77)55(43(3)68)65-51(72)39-61-57(76)54(42(2)67)62-44(4)69/h31-34,42-43,47-49,54-55,67-68H,8-30,35-41H2,1-7H3,(H8-,60,61,62,63,64,65,69,70,71,72,75,76,77,78,79,80,81)/p+1/t42-,43-,47-,48+,49+,54+,55+/m1/s1. The van der Waals surface area contributed by atoms with Gasteiger partial charge in [-0.3, -0.25) is 47.4 Å². The minimum atomic E-state index is -4.54. The van der Waals surface area contributed by atoms with Crippen molar-refractivity contribution in [3.05, 3.63) is 29.8 Å². The summed E-state index contributed by atoms with van der Waals surface area (Å²) >= 11 is 0. The Labute approximate surface area is 507 Å². The number of unbranched alkanes of at least 4 members (excludes halogenated alkanes) is 18. The summed E-state index contributed by atoms with van der Waals surface area (Å²) in [6, 6.07) is -0.106. The van der Waals surface area contributed by atoms with Gasteiger partial charge in [0.2, 0.25) is 35.4 Å². The van der Waals surface area contributed by atoms with Crippen LogP contribution in [0.25, 0.3) is 0 Å². The lowest BCUT2D eigenvalue weighted by Crippen LogP contribution is -2.59. The normalized spacial score (nSPS) is 14.6. The van der Waals surface area contributed by atoms with Crippen LogP contribution in [-0.4, -0.2) is 186 Å². The van der Waals surface area contributed by atoms with Crippen LogP contribution in [0.15, 0.2) is 24.3 Å². The first-order chi connectivity index (χ1) is 40.6. The van der Waals surface area contributed by atoms with E-state index in [4.69, 9.17) is 18.5 Å². The molecule has 6 amide bonds. The summed E-state index contributed by atoms with van der Waals surface area (Å²) in [4.78, 5) is 125. The van der Waals surface area contributed by atoms with Gasteiger partial charge in [-0.05, 0) is 50.8 Å². The highest BCUT2D eigenvalue weighted by Gasteiger charge is 2.32. The molecule has 1 unspecified atom stereocenters. The predicted molar refractivity (Wildman–Crippen MR) is 320 cm³/mol. The number of nitrogens with zero attached hydrogens (tertiary/aromatic N) is 1. The maximum atomic E-state index is 13.6. The summed E-state index contributed by atoms with van der Waals surface area (Å²) in [7, 11) is 1.12. The minimum absolute atomic E-state index is 0.00527. The number of nitrogens with one attached hydrogen (secondary N) is 6. The van der Waals surface area contributed by atoms with Gasteiger partial charge >= 0.3 is 25.7 Å². The Balaban J connectivity index is 2.86. The van der Waals surface area contributed by atoms with Gasteiger partial charge in [0.25, 0.3) is 0 Å². The highest BCUT2D eigenvalue weighted by atomic mass is 31.2. The molecule has 0 saturated carbocycles. The number of esters is 2. The van der Waals surface area contributed by atoms with Crippen LogP contribution >= 0.6 is 7.82 Å². The summed E-state index contributed by atoms with van der Waals surface area (Å²) in [5, 5.41) is 53.8. The summed E-state index contributed by atoms with van der Waals surface area (Å²) < 4.78 is 34.4. The fraction of sp³-hybridized carbons (Fsp3) is 0.746. The highest BCUT2D eigenvalue weighted by molar-refractivity contribution is 7.47. The number of aliphatic hydroxyl groups is 2. The van der Waals surface area contributed by atoms with Crippen LogP contribution in [0.5, 0.6) is 5.75 Å². The largest absolute Gasteiger partial charge is 0.508 e. The van der Waals surface area contributed by atoms with Crippen LogP contribution in [0.3, 0.4) is 0 Å². The van der Waals surface area contributed by atoms with Crippen molar-refractivity contribution in [2.75, 3.05) is 60.6 Å². The van der Waals surface area contributed by atoms with Gasteiger partial charge in [0.15, 0.2) is 6.10 Å². The zero-order chi connectivity index (χ0) is 64.5. The Morgan fingerprint density at radius 3 is 1.56 bits per heavy atom. The Morgan fingerprint density at radius 1 is 0.581 bits per heavy atom. The number of carbonyl (C=O) groups excluding carboxylic acids is 8. The van der Waals surface area contributed by atoms with Crippen LogP contribution < -0.4 is 31.9 Å². The third kappa shape index (κ3) is 39.8. The number of aliphatic hydroxyl groups excluding tert-OH is 2. The molecule has 1 aromatic carbocycles. The fourth-order valence-electron chi connectivity index (χ4n) is 8.72. The van der Waals surface area contributed by atoms with Gasteiger partial charge < -0.3 is 71.2 Å². The maximum Gasteiger partial charge on any atom is 0.472 e. The number of phenolic OH excluding ortho intramolecular Hbond substituents is 1. The summed E-state index contributed by atoms with van der Waals surface area (Å²) in [5.74, 6) is -7.71. The number of likely N-dealkylation sites (N-methyl/N-ethyl adjacent to an activating group) is 1. The molecule has 0 heterocycles. The summed E-state index contributed by atoms with van der Waals surface area (Å²) in [6.45, 7) is 3.76. The van der Waals surface area contributed by atoms with E-state index in [0.29, 0.717) is 68.0 Å². The Bertz CT molecular complexity index is 2230. The average molecular weight is 1250 g/mol. The first-order valence-corrected chi connectivity index (χ1v) is 32.0. The van der Waals surface area contributed by atoms with Crippen LogP contribution in [0, 0.1) is 0 Å². The molecule has 86 heavy (non-hydrogen) atoms. The van der Waals surface area contributed by atoms with Crippen LogP contribution in [0.1, 0.15) is 181 Å². The molecule has 0 aliphatic rings. The second-order valence-corrected chi connectivity index (χ2v) is 24.4. The molecule has 0 spiro atoms. The molecule has 0 fully saturated rings. The summed E-state index contributed by atoms with van der Waals surface area (Å²) in [5.41, 5.74) is 0.494. The number of carbonyl (C=O) groups is 9. The van der Waals surface area contributed by atoms with E-state index in [2.05, 4.69) is 38.8 Å². The van der Waals surface area contributed by atoms with E-state index in [0.717, 1.165) is 26.2 Å². The smallest absolute Gasteiger partial charge is 0.472 e. The predicted octanol–water partition coefficient (Wildman–Crippen LogP) is 4.26. The van der Waals surface area contributed by atoms with Gasteiger partial charge in [0.1, 0.15) is 49.7 Å². The third-order valence-electron chi connectivity index (χ3n) is 13.7. The van der Waals surface area contributed by atoms with Crippen molar-refractivity contribution >= 4 is 61.2 Å². The first kappa shape index (κ1) is 78.3. The number of quaternary nitrogens is 1. The number of hydrogen-bond donors (Lipinski definition) is 11. The lowest BCUT2D eigenvalue weighted by atomic mass is 10.0. The Morgan fingerprint density at radius 2 is 1.06 bits per heavy atom. The number of phosphoric acid groups is 1. The van der Waals surface area contributed by atoms with Crippen molar-refractivity contribution in [2.45, 2.75) is 224 Å². The second kappa shape index (κ2) is 44.6. The molecule has 0 aliphatic heterocycles. The minimum Gasteiger partial charge on any atom is -0.508 e. The third-order valence-corrected chi connectivity index (χ3v) is 14.7. The van der Waals surface area contributed by atoms with E-state index < -0.39 is 123 Å². The summed E-state index contributed by atoms with van der Waals surface area (Å²) in [6.07, 6.45) is 15.0. The SMILES string of the molecule is CCCCCCCCCCCCCCCC(=O)OC[C@H](COP(=O)(O)OCC[N+](C)(C)C)OC(=O)CCCCCCCCC[C@H](NC(=O)[C@@H](NC(=O)CNC(=O)[C@@H](NC(C)=O)[C@@H](C)O)[C@@H](C)O)C(=O)NCC(=O)N[C@@H](Cc1ccc(O)cc1)C(=O)O. The number of rotatable bonds is 50. The van der Waals surface area contributed by atoms with Crippen molar-refractivity contribution < 1.29 is 96.0 Å². The molecule has 11 N–H and O–H groups in total. The molecule has 0 aliphatic carbocycles. The number of amides is 6. The van der Waals surface area contributed by atoms with Crippen LogP contribution in [0.4, 0.5) is 0 Å². The van der Waals surface area contributed by atoms with Crippen molar-refractivity contribution in [2.24, 2.45) is 0 Å². The molecule has 8 atom stereocenters. The van der Waals surface area contributed by atoms with Crippen molar-refractivity contribution in [1.29, 1.82) is 0 Å². The van der Waals surface area contributed by atoms with E-state index in [1.165, 1.54) is 95.9 Å². The van der Waals surface area contributed by atoms with Crippen molar-refractivity contribution in [3.63, 3.8) is 0 Å². The highest BCUT2D eigenvalue weighted by Crippen LogP contribution is 2.43.